The molecule has 0 saturated heterocycles. The molecule has 4 nitrogen and oxygen atoms in total. The summed E-state index contributed by atoms with van der Waals surface area (Å²) in [4.78, 5) is 12.1. The van der Waals surface area contributed by atoms with Crippen molar-refractivity contribution in [1.82, 2.24) is 9.78 Å². The Morgan fingerprint density at radius 3 is 2.70 bits per heavy atom. The van der Waals surface area contributed by atoms with Gasteiger partial charge in [-0.2, -0.15) is 21.5 Å². The van der Waals surface area contributed by atoms with Crippen molar-refractivity contribution >= 4 is 52.3 Å². The minimum absolute atomic E-state index is 0.0613. The fraction of sp³-hybridized carbons (Fsp3) is 0.333. The van der Waals surface area contributed by atoms with Gasteiger partial charge in [0.05, 0.1) is 27.6 Å². The summed E-state index contributed by atoms with van der Waals surface area (Å²) >= 11 is 19.8. The van der Waals surface area contributed by atoms with Gasteiger partial charge in [-0.15, -0.1) is 0 Å². The fourth-order valence-electron chi connectivity index (χ4n) is 1.97. The molecule has 8 heteroatoms. The molecule has 0 amide bonds. The Bertz CT molecular complexity index is 736. The van der Waals surface area contributed by atoms with E-state index in [2.05, 4.69) is 16.7 Å². The molecule has 0 aliphatic rings. The Morgan fingerprint density at radius 2 is 2.00 bits per heavy atom. The van der Waals surface area contributed by atoms with Gasteiger partial charge in [0, 0.05) is 6.54 Å². The quantitative estimate of drug-likeness (QED) is 0.691. The Hall–Kier alpha value is -0.880. The van der Waals surface area contributed by atoms with Gasteiger partial charge in [0.1, 0.15) is 5.02 Å². The molecular weight excluding hydrogens is 377 g/mol. The summed E-state index contributed by atoms with van der Waals surface area (Å²) in [5.74, 6) is 1.15. The van der Waals surface area contributed by atoms with E-state index in [0.29, 0.717) is 10.7 Å². The van der Waals surface area contributed by atoms with Crippen molar-refractivity contribution in [3.05, 3.63) is 49.8 Å². The van der Waals surface area contributed by atoms with Crippen LogP contribution in [0.2, 0.25) is 15.1 Å². The summed E-state index contributed by atoms with van der Waals surface area (Å²) in [7, 11) is 0. The van der Waals surface area contributed by atoms with Crippen molar-refractivity contribution in [2.24, 2.45) is 0 Å². The zero-order chi connectivity index (χ0) is 16.8. The smallest absolute Gasteiger partial charge is 0.291 e. The highest BCUT2D eigenvalue weighted by Crippen LogP contribution is 2.25. The third kappa shape index (κ3) is 4.80. The van der Waals surface area contributed by atoms with Gasteiger partial charge in [-0.05, 0) is 43.0 Å². The van der Waals surface area contributed by atoms with E-state index in [4.69, 9.17) is 34.8 Å². The molecule has 1 N–H and O–H groups in total. The summed E-state index contributed by atoms with van der Waals surface area (Å²) in [5.41, 5.74) is 0.882. The number of nitrogens with one attached hydrogen (secondary N) is 1. The topological polar surface area (TPSA) is 46.9 Å². The van der Waals surface area contributed by atoms with E-state index in [9.17, 15) is 4.79 Å². The van der Waals surface area contributed by atoms with Crippen LogP contribution >= 0.6 is 46.6 Å². The lowest BCUT2D eigenvalue weighted by Gasteiger charge is -2.11. The van der Waals surface area contributed by atoms with Crippen LogP contribution in [-0.2, 0) is 0 Å². The van der Waals surface area contributed by atoms with Crippen LogP contribution in [0.3, 0.4) is 0 Å². The number of rotatable bonds is 7. The third-order valence-electron chi connectivity index (χ3n) is 3.16. The Morgan fingerprint density at radius 1 is 1.22 bits per heavy atom. The second-order valence-corrected chi connectivity index (χ2v) is 6.99. The third-order valence-corrected chi connectivity index (χ3v) is 4.92. The van der Waals surface area contributed by atoms with Crippen LogP contribution in [0.1, 0.15) is 12.8 Å². The first kappa shape index (κ1) is 18.5. The molecule has 0 radical (unpaired) electrons. The Balaban J connectivity index is 2.13. The number of benzene rings is 1. The lowest BCUT2D eigenvalue weighted by atomic mass is 10.2. The van der Waals surface area contributed by atoms with Gasteiger partial charge >= 0.3 is 0 Å². The normalized spacial score (nSPS) is 10.8. The molecule has 0 atom stereocenters. The molecule has 0 aliphatic carbocycles. The number of aromatic nitrogens is 2. The summed E-state index contributed by atoms with van der Waals surface area (Å²) in [6.45, 7) is 0.852. The number of unbranched alkanes of at least 4 members (excludes halogenated alkanes) is 1. The zero-order valence-corrected chi connectivity index (χ0v) is 15.6. The second-order valence-electron chi connectivity index (χ2n) is 4.81. The van der Waals surface area contributed by atoms with Crippen LogP contribution in [0.15, 0.2) is 29.2 Å². The van der Waals surface area contributed by atoms with E-state index in [1.54, 1.807) is 12.1 Å². The van der Waals surface area contributed by atoms with E-state index in [0.717, 1.165) is 30.8 Å². The first-order valence-corrected chi connectivity index (χ1v) is 9.53. The first-order valence-electron chi connectivity index (χ1n) is 7.00. The van der Waals surface area contributed by atoms with Crippen molar-refractivity contribution in [2.75, 3.05) is 23.9 Å². The van der Waals surface area contributed by atoms with Crippen molar-refractivity contribution in [1.29, 1.82) is 0 Å². The lowest BCUT2D eigenvalue weighted by Crippen LogP contribution is -2.21. The van der Waals surface area contributed by atoms with E-state index in [1.807, 2.05) is 17.8 Å². The van der Waals surface area contributed by atoms with Crippen molar-refractivity contribution in [2.45, 2.75) is 12.8 Å². The Labute approximate surface area is 154 Å². The second kappa shape index (κ2) is 8.83. The summed E-state index contributed by atoms with van der Waals surface area (Å²) in [6, 6.07) is 5.25. The average molecular weight is 393 g/mol. The highest BCUT2D eigenvalue weighted by Gasteiger charge is 2.10. The van der Waals surface area contributed by atoms with Gasteiger partial charge in [0.2, 0.25) is 0 Å². The molecule has 0 unspecified atom stereocenters. The molecule has 1 aromatic carbocycles. The number of nitrogens with zero attached hydrogens (tertiary/aromatic N) is 2. The van der Waals surface area contributed by atoms with Crippen LogP contribution in [0, 0.1) is 0 Å². The number of anilines is 1. The summed E-state index contributed by atoms with van der Waals surface area (Å²) < 4.78 is 1.17. The SMILES string of the molecule is CSCCCCNc1ccc(-n2ncc(Cl)c(Cl)c2=O)cc1Cl. The molecule has 0 spiro atoms. The van der Waals surface area contributed by atoms with Gasteiger partial charge in [0.15, 0.2) is 0 Å². The largest absolute Gasteiger partial charge is 0.384 e. The lowest BCUT2D eigenvalue weighted by molar-refractivity contribution is 0.807. The molecule has 23 heavy (non-hydrogen) atoms. The minimum atomic E-state index is -0.479. The fourth-order valence-corrected chi connectivity index (χ4v) is 2.96. The van der Waals surface area contributed by atoms with Crippen molar-refractivity contribution in [3.63, 3.8) is 0 Å². The molecule has 0 saturated carbocycles. The average Bonchev–Trinajstić information content (AvgIpc) is 2.54. The molecule has 1 heterocycles. The molecule has 2 rings (SSSR count). The number of halogens is 3. The van der Waals surface area contributed by atoms with Crippen molar-refractivity contribution < 1.29 is 0 Å². The van der Waals surface area contributed by atoms with Gasteiger partial charge in [-0.3, -0.25) is 4.79 Å². The van der Waals surface area contributed by atoms with Crippen LogP contribution in [0.25, 0.3) is 5.69 Å². The molecular formula is C15H16Cl3N3OS. The van der Waals surface area contributed by atoms with E-state index < -0.39 is 5.56 Å². The highest BCUT2D eigenvalue weighted by atomic mass is 35.5. The van der Waals surface area contributed by atoms with Gasteiger partial charge in [-0.1, -0.05) is 34.8 Å². The zero-order valence-electron chi connectivity index (χ0n) is 12.5. The summed E-state index contributed by atoms with van der Waals surface area (Å²) in [5, 5.41) is 7.86. The first-order chi connectivity index (χ1) is 11.0. The number of thioether (sulfide) groups is 1. The maximum Gasteiger partial charge on any atom is 0.291 e. The van der Waals surface area contributed by atoms with Crippen LogP contribution < -0.4 is 10.9 Å². The molecule has 1 aromatic heterocycles. The number of hydrogen-bond donors (Lipinski definition) is 1. The van der Waals surface area contributed by atoms with Crippen LogP contribution in [-0.4, -0.2) is 28.3 Å². The van der Waals surface area contributed by atoms with Crippen molar-refractivity contribution in [3.8, 4) is 5.69 Å². The molecule has 0 fully saturated rings. The molecule has 0 aliphatic heterocycles. The van der Waals surface area contributed by atoms with E-state index >= 15 is 0 Å². The van der Waals surface area contributed by atoms with E-state index in [1.165, 1.54) is 10.9 Å². The maximum absolute atomic E-state index is 12.1. The van der Waals surface area contributed by atoms with Crippen LogP contribution in [0.4, 0.5) is 5.69 Å². The van der Waals surface area contributed by atoms with Gasteiger partial charge in [0.25, 0.3) is 5.56 Å². The minimum Gasteiger partial charge on any atom is -0.384 e. The van der Waals surface area contributed by atoms with Gasteiger partial charge < -0.3 is 5.32 Å². The predicted octanol–water partition coefficient (Wildman–Crippen LogP) is 4.75. The standard InChI is InChI=1S/C15H16Cl3N3OS/c1-23-7-3-2-6-19-13-5-4-10(8-11(13)16)21-15(22)14(18)12(17)9-20-21/h4-5,8-9,19H,2-3,6-7H2,1H3. The Kier molecular flexibility index (Phi) is 7.09. The van der Waals surface area contributed by atoms with E-state index in [-0.39, 0.29) is 10.0 Å². The predicted molar refractivity (Wildman–Crippen MR) is 101 cm³/mol. The summed E-state index contributed by atoms with van der Waals surface area (Å²) in [6.07, 6.45) is 5.66. The highest BCUT2D eigenvalue weighted by molar-refractivity contribution is 7.98. The molecule has 0 bridgehead atoms. The molecule has 2 aromatic rings. The number of hydrogen-bond acceptors (Lipinski definition) is 4. The maximum atomic E-state index is 12.1. The monoisotopic (exact) mass is 391 g/mol. The van der Waals surface area contributed by atoms with Crippen LogP contribution in [0.5, 0.6) is 0 Å². The van der Waals surface area contributed by atoms with Gasteiger partial charge in [-0.25, -0.2) is 0 Å². The molecule has 124 valence electrons.